The Morgan fingerprint density at radius 1 is 1.53 bits per heavy atom. The standard InChI is InChI=1S/C12H20N4OS.ClH/c1-8(2)6-11-15-16-12(18-11)14-10(17)7-9-4-3-5-13-9;/h8-9,13H,3-7H2,1-2H3,(H,14,16,17);1H. The summed E-state index contributed by atoms with van der Waals surface area (Å²) < 4.78 is 0. The third-order valence-electron chi connectivity index (χ3n) is 2.89. The van der Waals surface area contributed by atoms with Gasteiger partial charge in [-0.15, -0.1) is 22.6 Å². The van der Waals surface area contributed by atoms with E-state index in [0.29, 0.717) is 23.5 Å². The molecule has 1 fully saturated rings. The fourth-order valence-electron chi connectivity index (χ4n) is 2.06. The fourth-order valence-corrected chi connectivity index (χ4v) is 3.03. The van der Waals surface area contributed by atoms with E-state index in [1.54, 1.807) is 0 Å². The molecule has 0 bridgehead atoms. The number of nitrogens with one attached hydrogen (secondary N) is 2. The number of aromatic nitrogens is 2. The van der Waals surface area contributed by atoms with Gasteiger partial charge in [0.1, 0.15) is 5.01 Å². The van der Waals surface area contributed by atoms with E-state index >= 15 is 0 Å². The topological polar surface area (TPSA) is 66.9 Å². The molecule has 1 aromatic rings. The molecule has 0 aromatic carbocycles. The molecule has 0 saturated carbocycles. The zero-order valence-corrected chi connectivity index (χ0v) is 12.9. The summed E-state index contributed by atoms with van der Waals surface area (Å²) in [6.45, 7) is 5.31. The smallest absolute Gasteiger partial charge is 0.227 e. The molecule has 1 aliphatic rings. The number of hydrogen-bond acceptors (Lipinski definition) is 5. The highest BCUT2D eigenvalue weighted by Gasteiger charge is 2.18. The maximum absolute atomic E-state index is 11.8. The van der Waals surface area contributed by atoms with Crippen LogP contribution >= 0.6 is 23.7 Å². The maximum Gasteiger partial charge on any atom is 0.227 e. The van der Waals surface area contributed by atoms with Crippen LogP contribution in [0.4, 0.5) is 5.13 Å². The molecular weight excluding hydrogens is 284 g/mol. The number of nitrogens with zero attached hydrogens (tertiary/aromatic N) is 2. The van der Waals surface area contributed by atoms with E-state index in [0.717, 1.165) is 30.8 Å². The summed E-state index contributed by atoms with van der Waals surface area (Å²) in [7, 11) is 0. The lowest BCUT2D eigenvalue weighted by atomic mass is 10.1. The van der Waals surface area contributed by atoms with Crippen molar-refractivity contribution in [3.05, 3.63) is 5.01 Å². The molecule has 2 N–H and O–H groups in total. The Morgan fingerprint density at radius 3 is 2.95 bits per heavy atom. The third-order valence-corrected chi connectivity index (χ3v) is 3.75. The Balaban J connectivity index is 0.00000180. The van der Waals surface area contributed by atoms with Crippen molar-refractivity contribution < 1.29 is 4.79 Å². The molecule has 0 radical (unpaired) electrons. The molecule has 19 heavy (non-hydrogen) atoms. The van der Waals surface area contributed by atoms with Gasteiger partial charge < -0.3 is 10.6 Å². The van der Waals surface area contributed by atoms with E-state index < -0.39 is 0 Å². The van der Waals surface area contributed by atoms with E-state index in [-0.39, 0.29) is 18.3 Å². The molecule has 7 heteroatoms. The van der Waals surface area contributed by atoms with Crippen molar-refractivity contribution in [1.82, 2.24) is 15.5 Å². The van der Waals surface area contributed by atoms with E-state index in [4.69, 9.17) is 0 Å². The average Bonchev–Trinajstić information content (AvgIpc) is 2.89. The molecule has 5 nitrogen and oxygen atoms in total. The van der Waals surface area contributed by atoms with Gasteiger partial charge >= 0.3 is 0 Å². The largest absolute Gasteiger partial charge is 0.313 e. The summed E-state index contributed by atoms with van der Waals surface area (Å²) in [5.74, 6) is 0.589. The summed E-state index contributed by atoms with van der Waals surface area (Å²) in [5.41, 5.74) is 0. The first-order valence-corrected chi connectivity index (χ1v) is 7.30. The highest BCUT2D eigenvalue weighted by Crippen LogP contribution is 2.19. The Labute approximate surface area is 124 Å². The molecule has 1 saturated heterocycles. The minimum Gasteiger partial charge on any atom is -0.313 e. The summed E-state index contributed by atoms with van der Waals surface area (Å²) in [4.78, 5) is 11.8. The van der Waals surface area contributed by atoms with Gasteiger partial charge in [0.05, 0.1) is 0 Å². The second kappa shape index (κ2) is 7.77. The van der Waals surface area contributed by atoms with Crippen LogP contribution in [0.3, 0.4) is 0 Å². The number of halogens is 1. The van der Waals surface area contributed by atoms with Crippen molar-refractivity contribution in [2.24, 2.45) is 5.92 Å². The summed E-state index contributed by atoms with van der Waals surface area (Å²) in [6.07, 6.45) is 3.69. The van der Waals surface area contributed by atoms with E-state index in [9.17, 15) is 4.79 Å². The second-order valence-corrected chi connectivity index (χ2v) is 6.21. The van der Waals surface area contributed by atoms with Crippen LogP contribution in [-0.2, 0) is 11.2 Å². The van der Waals surface area contributed by atoms with Crippen molar-refractivity contribution in [2.75, 3.05) is 11.9 Å². The first-order chi connectivity index (χ1) is 8.63. The van der Waals surface area contributed by atoms with Crippen LogP contribution in [0.25, 0.3) is 0 Å². The number of carbonyl (C=O) groups is 1. The molecule has 1 amide bonds. The van der Waals surface area contributed by atoms with Gasteiger partial charge in [-0.3, -0.25) is 4.79 Å². The fraction of sp³-hybridized carbons (Fsp3) is 0.750. The quantitative estimate of drug-likeness (QED) is 0.875. The molecule has 0 aliphatic carbocycles. The lowest BCUT2D eigenvalue weighted by molar-refractivity contribution is -0.116. The average molecular weight is 305 g/mol. The van der Waals surface area contributed by atoms with Crippen LogP contribution in [0.2, 0.25) is 0 Å². The van der Waals surface area contributed by atoms with Gasteiger partial charge in [-0.25, -0.2) is 0 Å². The maximum atomic E-state index is 11.8. The van der Waals surface area contributed by atoms with Crippen molar-refractivity contribution in [1.29, 1.82) is 0 Å². The third kappa shape index (κ3) is 5.42. The summed E-state index contributed by atoms with van der Waals surface area (Å²) in [5, 5.41) is 15.8. The van der Waals surface area contributed by atoms with Crippen molar-refractivity contribution >= 4 is 34.8 Å². The summed E-state index contributed by atoms with van der Waals surface area (Å²) >= 11 is 1.47. The second-order valence-electron chi connectivity index (χ2n) is 5.14. The first kappa shape index (κ1) is 16.3. The van der Waals surface area contributed by atoms with Crippen LogP contribution < -0.4 is 10.6 Å². The highest BCUT2D eigenvalue weighted by molar-refractivity contribution is 7.15. The lowest BCUT2D eigenvalue weighted by Crippen LogP contribution is -2.27. The number of hydrogen-bond donors (Lipinski definition) is 2. The molecule has 1 unspecified atom stereocenters. The van der Waals surface area contributed by atoms with Crippen LogP contribution in [0.5, 0.6) is 0 Å². The Kier molecular flexibility index (Phi) is 6.68. The minimum absolute atomic E-state index is 0. The van der Waals surface area contributed by atoms with E-state index in [1.165, 1.54) is 11.3 Å². The van der Waals surface area contributed by atoms with Gasteiger partial charge in [-0.05, 0) is 25.3 Å². The van der Waals surface area contributed by atoms with E-state index in [1.807, 2.05) is 0 Å². The first-order valence-electron chi connectivity index (χ1n) is 6.49. The minimum atomic E-state index is 0. The van der Waals surface area contributed by atoms with Gasteiger partial charge in [-0.2, -0.15) is 0 Å². The predicted molar refractivity (Wildman–Crippen MR) is 80.0 cm³/mol. The van der Waals surface area contributed by atoms with Crippen LogP contribution in [0, 0.1) is 5.92 Å². The van der Waals surface area contributed by atoms with Crippen LogP contribution in [-0.4, -0.2) is 28.7 Å². The Bertz CT molecular complexity index is 404. The number of rotatable bonds is 5. The molecule has 1 aromatic heterocycles. The lowest BCUT2D eigenvalue weighted by Gasteiger charge is -2.08. The molecule has 2 heterocycles. The molecule has 2 rings (SSSR count). The van der Waals surface area contributed by atoms with Gasteiger partial charge in [0.15, 0.2) is 0 Å². The van der Waals surface area contributed by atoms with Gasteiger partial charge in [-0.1, -0.05) is 25.2 Å². The van der Waals surface area contributed by atoms with Gasteiger partial charge in [0, 0.05) is 18.9 Å². The van der Waals surface area contributed by atoms with Crippen molar-refractivity contribution in [3.8, 4) is 0 Å². The van der Waals surface area contributed by atoms with Gasteiger partial charge in [0.2, 0.25) is 11.0 Å². The Hall–Kier alpha value is -0.720. The van der Waals surface area contributed by atoms with Crippen molar-refractivity contribution in [2.45, 2.75) is 45.6 Å². The zero-order chi connectivity index (χ0) is 13.0. The van der Waals surface area contributed by atoms with E-state index in [2.05, 4.69) is 34.7 Å². The number of carbonyl (C=O) groups excluding carboxylic acids is 1. The van der Waals surface area contributed by atoms with Crippen LogP contribution in [0.15, 0.2) is 0 Å². The van der Waals surface area contributed by atoms with Crippen molar-refractivity contribution in [3.63, 3.8) is 0 Å². The molecule has 1 aliphatic heterocycles. The highest BCUT2D eigenvalue weighted by atomic mass is 35.5. The monoisotopic (exact) mass is 304 g/mol. The number of amides is 1. The molecule has 108 valence electrons. The Morgan fingerprint density at radius 2 is 2.32 bits per heavy atom. The zero-order valence-electron chi connectivity index (χ0n) is 11.3. The van der Waals surface area contributed by atoms with Gasteiger partial charge in [0.25, 0.3) is 0 Å². The molecule has 1 atom stereocenters. The normalized spacial score (nSPS) is 18.4. The molecular formula is C12H21ClN4OS. The molecule has 0 spiro atoms. The SMILES string of the molecule is CC(C)Cc1nnc(NC(=O)CC2CCCN2)s1.Cl. The van der Waals surface area contributed by atoms with Crippen LogP contribution in [0.1, 0.15) is 38.1 Å². The predicted octanol–water partition coefficient (Wildman–Crippen LogP) is 2.24. The summed E-state index contributed by atoms with van der Waals surface area (Å²) in [6, 6.07) is 0.327. The number of anilines is 1.